The van der Waals surface area contributed by atoms with Gasteiger partial charge in [-0.3, -0.25) is 9.69 Å². The third-order valence-electron chi connectivity index (χ3n) is 2.95. The van der Waals surface area contributed by atoms with Gasteiger partial charge in [0.25, 0.3) is 0 Å². The monoisotopic (exact) mass is 224 g/mol. The number of piperidine rings is 1. The molecule has 0 aromatic rings. The summed E-state index contributed by atoms with van der Waals surface area (Å²) in [5.41, 5.74) is 5.08. The normalized spacial score (nSPS) is 22.7. The van der Waals surface area contributed by atoms with E-state index in [1.165, 1.54) is 0 Å². The Hall–Kier alpha value is -0.780. The Morgan fingerprint density at radius 2 is 1.87 bits per heavy atom. The lowest BCUT2D eigenvalue weighted by Gasteiger charge is -2.35. The highest BCUT2D eigenvalue weighted by molar-refractivity contribution is 5.79. The highest BCUT2D eigenvalue weighted by Crippen LogP contribution is 2.34. The van der Waals surface area contributed by atoms with Crippen molar-refractivity contribution in [2.75, 3.05) is 13.1 Å². The highest BCUT2D eigenvalue weighted by atomic mass is 19.4. The van der Waals surface area contributed by atoms with E-state index in [2.05, 4.69) is 0 Å². The second-order valence-corrected chi connectivity index (χ2v) is 3.93. The first-order chi connectivity index (χ1) is 6.82. The maximum atomic E-state index is 12.3. The van der Waals surface area contributed by atoms with Crippen LogP contribution in [-0.2, 0) is 4.79 Å². The zero-order valence-electron chi connectivity index (χ0n) is 8.55. The number of rotatable bonds is 2. The summed E-state index contributed by atoms with van der Waals surface area (Å²) in [6.45, 7) is 2.19. The zero-order chi connectivity index (χ0) is 11.6. The van der Waals surface area contributed by atoms with Gasteiger partial charge in [0.05, 0.1) is 12.0 Å². The van der Waals surface area contributed by atoms with Crippen molar-refractivity contribution < 1.29 is 18.0 Å². The van der Waals surface area contributed by atoms with Crippen molar-refractivity contribution in [3.05, 3.63) is 0 Å². The minimum absolute atomic E-state index is 0.0567. The van der Waals surface area contributed by atoms with Crippen LogP contribution in [0.4, 0.5) is 13.2 Å². The van der Waals surface area contributed by atoms with Crippen LogP contribution >= 0.6 is 0 Å². The van der Waals surface area contributed by atoms with Crippen molar-refractivity contribution in [3.63, 3.8) is 0 Å². The Balaban J connectivity index is 2.46. The van der Waals surface area contributed by atoms with Gasteiger partial charge < -0.3 is 5.73 Å². The fraction of sp³-hybridized carbons (Fsp3) is 0.889. The second-order valence-electron chi connectivity index (χ2n) is 3.93. The average molecular weight is 224 g/mol. The first kappa shape index (κ1) is 12.3. The van der Waals surface area contributed by atoms with E-state index in [1.54, 1.807) is 11.8 Å². The molecule has 1 aliphatic rings. The summed E-state index contributed by atoms with van der Waals surface area (Å²) < 4.78 is 37.0. The number of carbonyl (C=O) groups excluding carboxylic acids is 1. The van der Waals surface area contributed by atoms with Crippen LogP contribution in [-0.4, -0.2) is 36.1 Å². The number of halogens is 3. The van der Waals surface area contributed by atoms with Crippen LogP contribution in [0.1, 0.15) is 19.8 Å². The minimum Gasteiger partial charge on any atom is -0.368 e. The number of nitrogens with two attached hydrogens (primary N) is 1. The molecule has 1 atom stereocenters. The maximum Gasteiger partial charge on any atom is 0.391 e. The van der Waals surface area contributed by atoms with E-state index in [-0.39, 0.29) is 25.9 Å². The van der Waals surface area contributed by atoms with E-state index in [9.17, 15) is 18.0 Å². The van der Waals surface area contributed by atoms with Gasteiger partial charge in [-0.1, -0.05) is 0 Å². The molecule has 15 heavy (non-hydrogen) atoms. The third-order valence-corrected chi connectivity index (χ3v) is 2.95. The lowest BCUT2D eigenvalue weighted by Crippen LogP contribution is -2.48. The summed E-state index contributed by atoms with van der Waals surface area (Å²) in [7, 11) is 0. The quantitative estimate of drug-likeness (QED) is 0.764. The van der Waals surface area contributed by atoms with Gasteiger partial charge in [-0.2, -0.15) is 13.2 Å². The fourth-order valence-corrected chi connectivity index (χ4v) is 1.79. The van der Waals surface area contributed by atoms with E-state index in [4.69, 9.17) is 5.73 Å². The maximum absolute atomic E-state index is 12.3. The van der Waals surface area contributed by atoms with Gasteiger partial charge in [0.15, 0.2) is 0 Å². The van der Waals surface area contributed by atoms with Crippen LogP contribution in [0.15, 0.2) is 0 Å². The summed E-state index contributed by atoms with van der Waals surface area (Å²) >= 11 is 0. The van der Waals surface area contributed by atoms with Crippen LogP contribution in [0.5, 0.6) is 0 Å². The Bertz CT molecular complexity index is 234. The molecule has 88 valence electrons. The Morgan fingerprint density at radius 1 is 1.40 bits per heavy atom. The Morgan fingerprint density at radius 3 is 2.20 bits per heavy atom. The molecule has 0 spiro atoms. The number of nitrogens with zero attached hydrogens (tertiary/aromatic N) is 1. The summed E-state index contributed by atoms with van der Waals surface area (Å²) in [6, 6.07) is -0.473. The predicted octanol–water partition coefficient (Wildman–Crippen LogP) is 1.13. The summed E-state index contributed by atoms with van der Waals surface area (Å²) in [5, 5.41) is 0. The highest BCUT2D eigenvalue weighted by Gasteiger charge is 2.41. The molecule has 0 saturated carbocycles. The van der Waals surface area contributed by atoms with Gasteiger partial charge in [-0.25, -0.2) is 0 Å². The van der Waals surface area contributed by atoms with Gasteiger partial charge in [-0.15, -0.1) is 0 Å². The minimum atomic E-state index is -4.11. The molecular formula is C9H15F3N2O. The number of hydrogen-bond donors (Lipinski definition) is 1. The summed E-state index contributed by atoms with van der Waals surface area (Å²) in [6.07, 6.45) is -4.00. The number of hydrogen-bond acceptors (Lipinski definition) is 2. The van der Waals surface area contributed by atoms with E-state index >= 15 is 0 Å². The molecule has 1 saturated heterocycles. The molecule has 0 aromatic carbocycles. The number of likely N-dealkylation sites (tertiary alicyclic amines) is 1. The molecule has 0 aromatic heterocycles. The SMILES string of the molecule is CC(C(N)=O)N1CCC(C(F)(F)F)CC1. The molecule has 1 amide bonds. The zero-order valence-corrected chi connectivity index (χ0v) is 8.55. The number of primary amides is 1. The average Bonchev–Trinajstić information content (AvgIpc) is 2.15. The number of carbonyl (C=O) groups is 1. The lowest BCUT2D eigenvalue weighted by atomic mass is 9.95. The van der Waals surface area contributed by atoms with Crippen molar-refractivity contribution in [1.82, 2.24) is 4.90 Å². The van der Waals surface area contributed by atoms with E-state index in [1.807, 2.05) is 0 Å². The van der Waals surface area contributed by atoms with E-state index in [0.717, 1.165) is 0 Å². The van der Waals surface area contributed by atoms with Gasteiger partial charge in [0, 0.05) is 0 Å². The van der Waals surface area contributed by atoms with Gasteiger partial charge in [0.1, 0.15) is 0 Å². The lowest BCUT2D eigenvalue weighted by molar-refractivity contribution is -0.186. The molecule has 0 aliphatic carbocycles. The molecule has 0 radical (unpaired) electrons. The summed E-state index contributed by atoms with van der Waals surface area (Å²) in [5.74, 6) is -1.71. The van der Waals surface area contributed by atoms with Crippen molar-refractivity contribution in [3.8, 4) is 0 Å². The Labute approximate surface area is 86.4 Å². The first-order valence-corrected chi connectivity index (χ1v) is 4.92. The van der Waals surface area contributed by atoms with Crippen LogP contribution in [0, 0.1) is 5.92 Å². The topological polar surface area (TPSA) is 46.3 Å². The molecule has 2 N–H and O–H groups in total. The van der Waals surface area contributed by atoms with Gasteiger partial charge in [0.2, 0.25) is 5.91 Å². The van der Waals surface area contributed by atoms with Crippen LogP contribution < -0.4 is 5.73 Å². The van der Waals surface area contributed by atoms with Crippen molar-refractivity contribution >= 4 is 5.91 Å². The molecule has 1 aliphatic heterocycles. The Kier molecular flexibility index (Phi) is 3.59. The fourth-order valence-electron chi connectivity index (χ4n) is 1.79. The van der Waals surface area contributed by atoms with Crippen molar-refractivity contribution in [2.24, 2.45) is 11.7 Å². The van der Waals surface area contributed by atoms with E-state index < -0.39 is 24.0 Å². The second kappa shape index (κ2) is 4.38. The standard InChI is InChI=1S/C9H15F3N2O/c1-6(8(13)15)14-4-2-7(3-5-14)9(10,11)12/h6-7H,2-5H2,1H3,(H2,13,15). The first-order valence-electron chi connectivity index (χ1n) is 4.92. The summed E-state index contributed by atoms with van der Waals surface area (Å²) in [4.78, 5) is 12.5. The van der Waals surface area contributed by atoms with Crippen LogP contribution in [0.2, 0.25) is 0 Å². The van der Waals surface area contributed by atoms with E-state index in [0.29, 0.717) is 0 Å². The number of alkyl halides is 3. The molecule has 1 fully saturated rings. The molecule has 1 unspecified atom stereocenters. The van der Waals surface area contributed by atoms with Gasteiger partial charge in [-0.05, 0) is 32.9 Å². The smallest absolute Gasteiger partial charge is 0.368 e. The largest absolute Gasteiger partial charge is 0.391 e. The van der Waals surface area contributed by atoms with Crippen LogP contribution in [0.25, 0.3) is 0 Å². The molecule has 1 heterocycles. The predicted molar refractivity (Wildman–Crippen MR) is 49.0 cm³/mol. The molecule has 1 rings (SSSR count). The third kappa shape index (κ3) is 3.09. The molecule has 0 bridgehead atoms. The van der Waals surface area contributed by atoms with Gasteiger partial charge >= 0.3 is 6.18 Å². The number of amides is 1. The molecule has 3 nitrogen and oxygen atoms in total. The van der Waals surface area contributed by atoms with Crippen molar-refractivity contribution in [2.45, 2.75) is 32.0 Å². The van der Waals surface area contributed by atoms with Crippen LogP contribution in [0.3, 0.4) is 0 Å². The molecule has 6 heteroatoms. The molecular weight excluding hydrogens is 209 g/mol. The van der Waals surface area contributed by atoms with Crippen molar-refractivity contribution in [1.29, 1.82) is 0 Å².